The monoisotopic (exact) mass is 227 g/mol. The van der Waals surface area contributed by atoms with Gasteiger partial charge in [-0.2, -0.15) is 0 Å². The molecular weight excluding hydrogens is 210 g/mol. The zero-order valence-corrected chi connectivity index (χ0v) is 10.0. The second-order valence-corrected chi connectivity index (χ2v) is 4.86. The maximum atomic E-state index is 5.82. The lowest BCUT2D eigenvalue weighted by Gasteiger charge is -2.05. The molecule has 0 aliphatic heterocycles. The van der Waals surface area contributed by atoms with E-state index < -0.39 is 0 Å². The van der Waals surface area contributed by atoms with Crippen molar-refractivity contribution in [2.75, 3.05) is 0 Å². The summed E-state index contributed by atoms with van der Waals surface area (Å²) in [6.45, 7) is 1.95. The van der Waals surface area contributed by atoms with Gasteiger partial charge in [0.05, 0.1) is 12.0 Å². The second kappa shape index (κ2) is 4.00. The highest BCUT2D eigenvalue weighted by atomic mass is 15.0. The van der Waals surface area contributed by atoms with E-state index in [1.807, 2.05) is 24.0 Å². The van der Waals surface area contributed by atoms with Crippen molar-refractivity contribution in [2.24, 2.45) is 5.73 Å². The average Bonchev–Trinajstić information content (AvgIpc) is 3.06. The van der Waals surface area contributed by atoms with Crippen LogP contribution in [0.25, 0.3) is 5.69 Å². The highest BCUT2D eigenvalue weighted by Crippen LogP contribution is 2.40. The van der Waals surface area contributed by atoms with Crippen LogP contribution >= 0.6 is 0 Å². The summed E-state index contributed by atoms with van der Waals surface area (Å²) in [6.07, 6.45) is 6.51. The van der Waals surface area contributed by atoms with Crippen LogP contribution in [-0.2, 0) is 0 Å². The molecular formula is C14H17N3. The Labute approximate surface area is 101 Å². The van der Waals surface area contributed by atoms with E-state index in [1.54, 1.807) is 0 Å². The molecule has 88 valence electrons. The molecule has 1 aliphatic carbocycles. The molecule has 3 nitrogen and oxygen atoms in total. The summed E-state index contributed by atoms with van der Waals surface area (Å²) < 4.78 is 2.05. The number of rotatable bonds is 3. The van der Waals surface area contributed by atoms with Crippen LogP contribution in [0, 0.1) is 0 Å². The van der Waals surface area contributed by atoms with Gasteiger partial charge < -0.3 is 10.3 Å². The molecule has 0 unspecified atom stereocenters. The zero-order valence-electron chi connectivity index (χ0n) is 10.0. The van der Waals surface area contributed by atoms with Crippen LogP contribution in [0.3, 0.4) is 0 Å². The Hall–Kier alpha value is -1.61. The summed E-state index contributed by atoms with van der Waals surface area (Å²) in [5.41, 5.74) is 9.37. The number of nitrogens with two attached hydrogens (primary N) is 1. The first-order chi connectivity index (χ1) is 8.24. The maximum absolute atomic E-state index is 5.82. The molecule has 1 saturated carbocycles. The molecule has 0 radical (unpaired) electrons. The van der Waals surface area contributed by atoms with Gasteiger partial charge in [0.25, 0.3) is 0 Å². The van der Waals surface area contributed by atoms with Crippen LogP contribution in [-0.4, -0.2) is 9.55 Å². The summed E-state index contributed by atoms with van der Waals surface area (Å²) in [5, 5.41) is 0. The average molecular weight is 227 g/mol. The number of benzene rings is 1. The van der Waals surface area contributed by atoms with Crippen molar-refractivity contribution in [3.63, 3.8) is 0 Å². The first-order valence-electron chi connectivity index (χ1n) is 6.14. The van der Waals surface area contributed by atoms with Crippen molar-refractivity contribution in [1.82, 2.24) is 9.55 Å². The SMILES string of the molecule is C[C@H](N)c1cn(-c2cccc(C3CC3)c2)cn1. The molecule has 1 aliphatic rings. The van der Waals surface area contributed by atoms with Gasteiger partial charge in [-0.1, -0.05) is 12.1 Å². The fourth-order valence-corrected chi connectivity index (χ4v) is 2.07. The van der Waals surface area contributed by atoms with Gasteiger partial charge in [-0.05, 0) is 43.4 Å². The van der Waals surface area contributed by atoms with Gasteiger partial charge in [-0.3, -0.25) is 0 Å². The van der Waals surface area contributed by atoms with Crippen LogP contribution in [0.1, 0.15) is 43.0 Å². The van der Waals surface area contributed by atoms with Gasteiger partial charge in [0.1, 0.15) is 0 Å². The molecule has 0 saturated heterocycles. The number of nitrogens with zero attached hydrogens (tertiary/aromatic N) is 2. The fraction of sp³-hybridized carbons (Fsp3) is 0.357. The molecule has 2 aromatic rings. The minimum absolute atomic E-state index is 0.0112. The zero-order chi connectivity index (χ0) is 11.8. The highest BCUT2D eigenvalue weighted by molar-refractivity contribution is 5.39. The van der Waals surface area contributed by atoms with E-state index in [0.29, 0.717) is 0 Å². The molecule has 0 spiro atoms. The van der Waals surface area contributed by atoms with E-state index in [1.165, 1.54) is 24.1 Å². The molecule has 3 heteroatoms. The summed E-state index contributed by atoms with van der Waals surface area (Å²) in [5.74, 6) is 0.784. The lowest BCUT2D eigenvalue weighted by atomic mass is 10.1. The Morgan fingerprint density at radius 2 is 2.24 bits per heavy atom. The van der Waals surface area contributed by atoms with Crippen molar-refractivity contribution >= 4 is 0 Å². The Morgan fingerprint density at radius 1 is 1.41 bits per heavy atom. The molecule has 0 bridgehead atoms. The maximum Gasteiger partial charge on any atom is 0.0995 e. The minimum atomic E-state index is -0.0112. The largest absolute Gasteiger partial charge is 0.323 e. The third-order valence-corrected chi connectivity index (χ3v) is 3.29. The Kier molecular flexibility index (Phi) is 2.48. The van der Waals surface area contributed by atoms with E-state index in [-0.39, 0.29) is 6.04 Å². The minimum Gasteiger partial charge on any atom is -0.323 e. The molecule has 1 aromatic heterocycles. The van der Waals surface area contributed by atoms with Crippen molar-refractivity contribution < 1.29 is 0 Å². The first kappa shape index (κ1) is 10.5. The van der Waals surface area contributed by atoms with Crippen LogP contribution in [0.15, 0.2) is 36.8 Å². The van der Waals surface area contributed by atoms with Crippen LogP contribution < -0.4 is 5.73 Å². The summed E-state index contributed by atoms with van der Waals surface area (Å²) in [6, 6.07) is 8.69. The van der Waals surface area contributed by atoms with Crippen molar-refractivity contribution in [3.05, 3.63) is 48.0 Å². The second-order valence-electron chi connectivity index (χ2n) is 4.86. The van der Waals surface area contributed by atoms with Crippen LogP contribution in [0.5, 0.6) is 0 Å². The van der Waals surface area contributed by atoms with E-state index >= 15 is 0 Å². The van der Waals surface area contributed by atoms with E-state index in [9.17, 15) is 0 Å². The smallest absolute Gasteiger partial charge is 0.0995 e. The van der Waals surface area contributed by atoms with Crippen molar-refractivity contribution in [3.8, 4) is 5.69 Å². The van der Waals surface area contributed by atoms with Crippen molar-refractivity contribution in [1.29, 1.82) is 0 Å². The molecule has 17 heavy (non-hydrogen) atoms. The Bertz CT molecular complexity index is 524. The van der Waals surface area contributed by atoms with E-state index in [4.69, 9.17) is 5.73 Å². The highest BCUT2D eigenvalue weighted by Gasteiger charge is 2.23. The van der Waals surface area contributed by atoms with E-state index in [2.05, 4.69) is 29.2 Å². The number of imidazole rings is 1. The molecule has 0 amide bonds. The Morgan fingerprint density at radius 3 is 2.88 bits per heavy atom. The van der Waals surface area contributed by atoms with Gasteiger partial charge in [0.15, 0.2) is 0 Å². The van der Waals surface area contributed by atoms with Crippen LogP contribution in [0.2, 0.25) is 0 Å². The Balaban J connectivity index is 1.93. The van der Waals surface area contributed by atoms with Gasteiger partial charge in [-0.15, -0.1) is 0 Å². The van der Waals surface area contributed by atoms with Gasteiger partial charge in [0.2, 0.25) is 0 Å². The van der Waals surface area contributed by atoms with Crippen molar-refractivity contribution in [2.45, 2.75) is 31.7 Å². The quantitative estimate of drug-likeness (QED) is 0.876. The van der Waals surface area contributed by atoms with Gasteiger partial charge in [-0.25, -0.2) is 4.98 Å². The lowest BCUT2D eigenvalue weighted by Crippen LogP contribution is -2.04. The molecule has 3 rings (SSSR count). The van der Waals surface area contributed by atoms with E-state index in [0.717, 1.165) is 11.6 Å². The molecule has 1 fully saturated rings. The fourth-order valence-electron chi connectivity index (χ4n) is 2.07. The predicted molar refractivity (Wildman–Crippen MR) is 68.1 cm³/mol. The number of aromatic nitrogens is 2. The summed E-state index contributed by atoms with van der Waals surface area (Å²) in [4.78, 5) is 4.32. The number of hydrogen-bond donors (Lipinski definition) is 1. The topological polar surface area (TPSA) is 43.8 Å². The summed E-state index contributed by atoms with van der Waals surface area (Å²) in [7, 11) is 0. The van der Waals surface area contributed by atoms with Crippen LogP contribution in [0.4, 0.5) is 0 Å². The molecule has 1 aromatic carbocycles. The third-order valence-electron chi connectivity index (χ3n) is 3.29. The van der Waals surface area contributed by atoms with Gasteiger partial charge >= 0.3 is 0 Å². The first-order valence-corrected chi connectivity index (χ1v) is 6.14. The van der Waals surface area contributed by atoms with Gasteiger partial charge in [0, 0.05) is 17.9 Å². The number of hydrogen-bond acceptors (Lipinski definition) is 2. The predicted octanol–water partition coefficient (Wildman–Crippen LogP) is 2.77. The normalized spacial score (nSPS) is 17.1. The molecule has 1 atom stereocenters. The summed E-state index contributed by atoms with van der Waals surface area (Å²) >= 11 is 0. The molecule has 1 heterocycles. The third kappa shape index (κ3) is 2.11. The standard InChI is InChI=1S/C14H17N3/c1-10(15)14-8-17(9-16-14)13-4-2-3-12(7-13)11-5-6-11/h2-4,7-11H,5-6,15H2,1H3/t10-/m0/s1. The lowest BCUT2D eigenvalue weighted by molar-refractivity contribution is 0.788. The molecule has 2 N–H and O–H groups in total.